The van der Waals surface area contributed by atoms with Crippen LogP contribution in [0.25, 0.3) is 0 Å². The number of rotatable bonds is 10. The topological polar surface area (TPSA) is 55.4 Å². The van der Waals surface area contributed by atoms with E-state index in [9.17, 15) is 8.42 Å². The SMILES string of the molecule is COCCCS(=O)(=O)CCNCCC(C)C. The van der Waals surface area contributed by atoms with Crippen LogP contribution in [0.4, 0.5) is 0 Å². The molecule has 0 heterocycles. The molecule has 0 amide bonds. The van der Waals surface area contributed by atoms with Crippen molar-refractivity contribution in [2.24, 2.45) is 5.92 Å². The second kappa shape index (κ2) is 8.96. The van der Waals surface area contributed by atoms with Crippen molar-refractivity contribution in [3.8, 4) is 0 Å². The molecule has 0 unspecified atom stereocenters. The Hall–Kier alpha value is -0.130. The number of methoxy groups -OCH3 is 1. The highest BCUT2D eigenvalue weighted by Crippen LogP contribution is 1.97. The van der Waals surface area contributed by atoms with Gasteiger partial charge in [-0.1, -0.05) is 13.8 Å². The fourth-order valence-electron chi connectivity index (χ4n) is 1.27. The largest absolute Gasteiger partial charge is 0.385 e. The van der Waals surface area contributed by atoms with E-state index in [0.29, 0.717) is 25.5 Å². The average Bonchev–Trinajstić information content (AvgIpc) is 2.16. The predicted octanol–water partition coefficient (Wildman–Crippen LogP) is 1.07. The lowest BCUT2D eigenvalue weighted by atomic mass is 10.1. The van der Waals surface area contributed by atoms with Crippen LogP contribution in [-0.4, -0.2) is 46.7 Å². The van der Waals surface area contributed by atoms with Crippen LogP contribution in [0.15, 0.2) is 0 Å². The van der Waals surface area contributed by atoms with Crippen molar-refractivity contribution in [1.82, 2.24) is 5.32 Å². The number of sulfone groups is 1. The van der Waals surface area contributed by atoms with Crippen LogP contribution < -0.4 is 5.32 Å². The first-order valence-electron chi connectivity index (χ1n) is 5.88. The monoisotopic (exact) mass is 251 g/mol. The molecule has 0 aliphatic heterocycles. The van der Waals surface area contributed by atoms with Gasteiger partial charge in [0.25, 0.3) is 0 Å². The third kappa shape index (κ3) is 10.4. The molecule has 0 aromatic heterocycles. The van der Waals surface area contributed by atoms with Crippen molar-refractivity contribution in [3.63, 3.8) is 0 Å². The van der Waals surface area contributed by atoms with Crippen LogP contribution in [0.5, 0.6) is 0 Å². The maximum Gasteiger partial charge on any atom is 0.151 e. The molecule has 0 saturated carbocycles. The molecule has 16 heavy (non-hydrogen) atoms. The van der Waals surface area contributed by atoms with E-state index in [2.05, 4.69) is 19.2 Å². The van der Waals surface area contributed by atoms with Gasteiger partial charge in [-0.15, -0.1) is 0 Å². The first-order chi connectivity index (χ1) is 7.48. The first kappa shape index (κ1) is 15.9. The second-order valence-corrected chi connectivity index (χ2v) is 6.73. The highest BCUT2D eigenvalue weighted by Gasteiger charge is 2.09. The number of ether oxygens (including phenoxy) is 1. The summed E-state index contributed by atoms with van der Waals surface area (Å²) in [5.41, 5.74) is 0. The van der Waals surface area contributed by atoms with Crippen molar-refractivity contribution >= 4 is 9.84 Å². The molecule has 5 heteroatoms. The van der Waals surface area contributed by atoms with Gasteiger partial charge in [0.05, 0.1) is 11.5 Å². The Kier molecular flexibility index (Phi) is 8.89. The van der Waals surface area contributed by atoms with Crippen LogP contribution in [0.1, 0.15) is 26.7 Å². The van der Waals surface area contributed by atoms with Crippen LogP contribution in [-0.2, 0) is 14.6 Å². The lowest BCUT2D eigenvalue weighted by molar-refractivity contribution is 0.199. The summed E-state index contributed by atoms with van der Waals surface area (Å²) < 4.78 is 27.8. The van der Waals surface area contributed by atoms with Gasteiger partial charge in [0, 0.05) is 20.3 Å². The maximum atomic E-state index is 11.5. The van der Waals surface area contributed by atoms with Gasteiger partial charge >= 0.3 is 0 Å². The summed E-state index contributed by atoms with van der Waals surface area (Å²) in [4.78, 5) is 0. The van der Waals surface area contributed by atoms with E-state index in [1.807, 2.05) is 0 Å². The number of hydrogen-bond acceptors (Lipinski definition) is 4. The van der Waals surface area contributed by atoms with Crippen molar-refractivity contribution in [1.29, 1.82) is 0 Å². The van der Waals surface area contributed by atoms with Gasteiger partial charge in [0.2, 0.25) is 0 Å². The fourth-order valence-corrected chi connectivity index (χ4v) is 2.49. The minimum Gasteiger partial charge on any atom is -0.385 e. The van der Waals surface area contributed by atoms with Gasteiger partial charge in [-0.2, -0.15) is 0 Å². The van der Waals surface area contributed by atoms with Crippen molar-refractivity contribution < 1.29 is 13.2 Å². The molecule has 0 bridgehead atoms. The van der Waals surface area contributed by atoms with E-state index in [-0.39, 0.29) is 11.5 Å². The molecule has 0 spiro atoms. The Balaban J connectivity index is 3.51. The molecular formula is C11H25NO3S. The normalized spacial score (nSPS) is 12.2. The van der Waals surface area contributed by atoms with Crippen molar-refractivity contribution in [2.75, 3.05) is 38.3 Å². The lowest BCUT2D eigenvalue weighted by Crippen LogP contribution is -2.26. The van der Waals surface area contributed by atoms with E-state index in [1.54, 1.807) is 7.11 Å². The Morgan fingerprint density at radius 3 is 2.44 bits per heavy atom. The van der Waals surface area contributed by atoms with Gasteiger partial charge in [0.1, 0.15) is 0 Å². The molecule has 0 atom stereocenters. The molecule has 0 aliphatic rings. The summed E-state index contributed by atoms with van der Waals surface area (Å²) in [6, 6.07) is 0. The third-order valence-electron chi connectivity index (χ3n) is 2.29. The Bertz CT molecular complexity index is 250. The van der Waals surface area contributed by atoms with E-state index in [4.69, 9.17) is 4.74 Å². The van der Waals surface area contributed by atoms with Crippen molar-refractivity contribution in [2.45, 2.75) is 26.7 Å². The zero-order valence-corrected chi connectivity index (χ0v) is 11.5. The average molecular weight is 251 g/mol. The second-order valence-electron chi connectivity index (χ2n) is 4.43. The summed E-state index contributed by atoms with van der Waals surface area (Å²) in [5, 5.41) is 3.15. The minimum atomic E-state index is -2.90. The molecule has 0 saturated heterocycles. The molecule has 98 valence electrons. The number of hydrogen-bond donors (Lipinski definition) is 1. The summed E-state index contributed by atoms with van der Waals surface area (Å²) in [5.74, 6) is 1.12. The quantitative estimate of drug-likeness (QED) is 0.590. The highest BCUT2D eigenvalue weighted by atomic mass is 32.2. The number of nitrogens with one attached hydrogen (secondary N) is 1. The van der Waals surface area contributed by atoms with Crippen molar-refractivity contribution in [3.05, 3.63) is 0 Å². The fraction of sp³-hybridized carbons (Fsp3) is 1.00. The van der Waals surface area contributed by atoms with Gasteiger partial charge < -0.3 is 10.1 Å². The Morgan fingerprint density at radius 1 is 1.19 bits per heavy atom. The molecule has 0 radical (unpaired) electrons. The zero-order chi connectivity index (χ0) is 12.4. The smallest absolute Gasteiger partial charge is 0.151 e. The van der Waals surface area contributed by atoms with Crippen LogP contribution in [0, 0.1) is 5.92 Å². The van der Waals surface area contributed by atoms with Crippen LogP contribution in [0.2, 0.25) is 0 Å². The van der Waals surface area contributed by atoms with Gasteiger partial charge in [-0.3, -0.25) is 0 Å². The molecule has 0 aromatic rings. The summed E-state index contributed by atoms with van der Waals surface area (Å²) >= 11 is 0. The Labute approximate surface area is 99.7 Å². The van der Waals surface area contributed by atoms with E-state index >= 15 is 0 Å². The Morgan fingerprint density at radius 2 is 1.88 bits per heavy atom. The lowest BCUT2D eigenvalue weighted by Gasteiger charge is -2.07. The van der Waals surface area contributed by atoms with E-state index in [1.165, 1.54) is 0 Å². The minimum absolute atomic E-state index is 0.229. The summed E-state index contributed by atoms with van der Waals surface area (Å²) in [7, 11) is -1.31. The van der Waals surface area contributed by atoms with E-state index in [0.717, 1.165) is 13.0 Å². The van der Waals surface area contributed by atoms with Gasteiger partial charge in [-0.25, -0.2) is 8.42 Å². The molecule has 0 fully saturated rings. The standard InChI is InChI=1S/C11H25NO3S/c1-11(2)5-6-12-7-10-16(13,14)9-4-8-15-3/h11-12H,4-10H2,1-3H3. The molecule has 1 N–H and O–H groups in total. The van der Waals surface area contributed by atoms with E-state index < -0.39 is 9.84 Å². The molecular weight excluding hydrogens is 226 g/mol. The van der Waals surface area contributed by atoms with Gasteiger partial charge in [-0.05, 0) is 25.3 Å². The zero-order valence-electron chi connectivity index (χ0n) is 10.7. The third-order valence-corrected chi connectivity index (χ3v) is 4.03. The molecule has 0 aliphatic carbocycles. The molecule has 4 nitrogen and oxygen atoms in total. The molecule has 0 rings (SSSR count). The summed E-state index contributed by atoms with van der Waals surface area (Å²) in [6.45, 7) is 6.28. The van der Waals surface area contributed by atoms with Crippen LogP contribution in [0.3, 0.4) is 0 Å². The molecule has 0 aromatic carbocycles. The van der Waals surface area contributed by atoms with Gasteiger partial charge in [0.15, 0.2) is 9.84 Å². The van der Waals surface area contributed by atoms with Crippen LogP contribution >= 0.6 is 0 Å². The predicted molar refractivity (Wildman–Crippen MR) is 67.5 cm³/mol. The summed E-state index contributed by atoms with van der Waals surface area (Å²) in [6.07, 6.45) is 1.68. The first-order valence-corrected chi connectivity index (χ1v) is 7.70. The highest BCUT2D eigenvalue weighted by molar-refractivity contribution is 7.91. The maximum absolute atomic E-state index is 11.5.